The number of hydrogen-bond donors (Lipinski definition) is 1. The van der Waals surface area contributed by atoms with Crippen LogP contribution in [0, 0.1) is 0 Å². The van der Waals surface area contributed by atoms with Crippen molar-refractivity contribution in [2.75, 3.05) is 7.11 Å². The molecule has 1 N–H and O–H groups in total. The van der Waals surface area contributed by atoms with Gasteiger partial charge in [-0.3, -0.25) is 4.79 Å². The summed E-state index contributed by atoms with van der Waals surface area (Å²) < 4.78 is 4.87. The average Bonchev–Trinajstić information content (AvgIpc) is 2.50. The summed E-state index contributed by atoms with van der Waals surface area (Å²) in [6.45, 7) is 0. The van der Waals surface area contributed by atoms with E-state index in [9.17, 15) is 9.59 Å². The lowest BCUT2D eigenvalue weighted by Crippen LogP contribution is -2.56. The molecule has 0 aromatic heterocycles. The van der Waals surface area contributed by atoms with E-state index < -0.39 is 11.5 Å². The van der Waals surface area contributed by atoms with Gasteiger partial charge in [-0.05, 0) is 31.0 Å². The highest BCUT2D eigenvalue weighted by molar-refractivity contribution is 6.42. The highest BCUT2D eigenvalue weighted by Gasteiger charge is 2.42. The minimum Gasteiger partial charge on any atom is -0.467 e. The lowest BCUT2D eigenvalue weighted by atomic mass is 9.81. The summed E-state index contributed by atoms with van der Waals surface area (Å²) >= 11 is 11.8. The molecule has 6 heteroatoms. The van der Waals surface area contributed by atoms with Crippen LogP contribution >= 0.6 is 23.2 Å². The molecule has 1 saturated carbocycles. The van der Waals surface area contributed by atoms with E-state index in [1.54, 1.807) is 12.1 Å². The molecule has 1 aliphatic carbocycles. The van der Waals surface area contributed by atoms with E-state index in [1.165, 1.54) is 13.2 Å². The first-order valence-corrected chi connectivity index (χ1v) is 7.60. The molecular formula is C15H17Cl2NO3. The van der Waals surface area contributed by atoms with E-state index >= 15 is 0 Å². The van der Waals surface area contributed by atoms with Crippen molar-refractivity contribution in [1.29, 1.82) is 0 Å². The summed E-state index contributed by atoms with van der Waals surface area (Å²) in [5.41, 5.74) is -0.561. The predicted octanol–water partition coefficient (Wildman–Crippen LogP) is 3.60. The minimum absolute atomic E-state index is 0.306. The number of nitrogens with one attached hydrogen (secondary N) is 1. The first-order valence-electron chi connectivity index (χ1n) is 6.84. The van der Waals surface area contributed by atoms with Crippen LogP contribution in [0.4, 0.5) is 0 Å². The zero-order valence-corrected chi connectivity index (χ0v) is 13.3. The fourth-order valence-electron chi connectivity index (χ4n) is 2.66. The maximum atomic E-state index is 12.4. The molecule has 0 bridgehead atoms. The summed E-state index contributed by atoms with van der Waals surface area (Å²) in [6.07, 6.45) is 4.01. The van der Waals surface area contributed by atoms with Crippen molar-refractivity contribution in [3.8, 4) is 0 Å². The maximum Gasteiger partial charge on any atom is 0.331 e. The van der Waals surface area contributed by atoms with Gasteiger partial charge in [0.15, 0.2) is 0 Å². The molecule has 0 unspecified atom stereocenters. The summed E-state index contributed by atoms with van der Waals surface area (Å²) in [7, 11) is 1.34. The van der Waals surface area contributed by atoms with E-state index in [0.717, 1.165) is 19.3 Å². The van der Waals surface area contributed by atoms with Gasteiger partial charge in [-0.2, -0.15) is 0 Å². The van der Waals surface area contributed by atoms with Crippen LogP contribution in [-0.2, 0) is 9.53 Å². The number of halogens is 2. The van der Waals surface area contributed by atoms with Crippen molar-refractivity contribution >= 4 is 35.1 Å². The van der Waals surface area contributed by atoms with Gasteiger partial charge in [0.05, 0.1) is 17.2 Å². The van der Waals surface area contributed by atoms with Crippen LogP contribution in [0.3, 0.4) is 0 Å². The Bertz CT molecular complexity index is 554. The third-order valence-electron chi connectivity index (χ3n) is 3.82. The van der Waals surface area contributed by atoms with Crippen LogP contribution in [0.15, 0.2) is 18.2 Å². The fraction of sp³-hybridized carbons (Fsp3) is 0.467. The van der Waals surface area contributed by atoms with Gasteiger partial charge in [-0.25, -0.2) is 4.79 Å². The predicted molar refractivity (Wildman–Crippen MR) is 81.8 cm³/mol. The Morgan fingerprint density at radius 1 is 1.14 bits per heavy atom. The zero-order chi connectivity index (χ0) is 15.5. The second-order valence-corrected chi connectivity index (χ2v) is 6.03. The van der Waals surface area contributed by atoms with Crippen molar-refractivity contribution in [3.05, 3.63) is 33.8 Å². The Morgan fingerprint density at radius 2 is 1.81 bits per heavy atom. The van der Waals surface area contributed by atoms with Gasteiger partial charge in [0.2, 0.25) is 0 Å². The maximum absolute atomic E-state index is 12.4. The largest absolute Gasteiger partial charge is 0.467 e. The summed E-state index contributed by atoms with van der Waals surface area (Å²) in [4.78, 5) is 24.5. The molecule has 1 aliphatic rings. The van der Waals surface area contributed by atoms with Crippen molar-refractivity contribution < 1.29 is 14.3 Å². The second kappa shape index (κ2) is 6.67. The van der Waals surface area contributed by atoms with Gasteiger partial charge < -0.3 is 10.1 Å². The normalized spacial score (nSPS) is 17.1. The highest BCUT2D eigenvalue weighted by Crippen LogP contribution is 2.30. The molecule has 1 aromatic rings. The van der Waals surface area contributed by atoms with Gasteiger partial charge in [0.25, 0.3) is 5.91 Å². The molecule has 4 nitrogen and oxygen atoms in total. The monoisotopic (exact) mass is 329 g/mol. The summed E-state index contributed by atoms with van der Waals surface area (Å²) in [5, 5.41) is 3.52. The van der Waals surface area contributed by atoms with Gasteiger partial charge >= 0.3 is 5.97 Å². The van der Waals surface area contributed by atoms with Crippen LogP contribution < -0.4 is 5.32 Å². The average molecular weight is 330 g/mol. The molecule has 1 aromatic carbocycles. The first-order chi connectivity index (χ1) is 9.98. The molecule has 114 valence electrons. The number of carbonyl (C=O) groups is 2. The molecule has 1 amide bonds. The molecule has 0 saturated heterocycles. The Labute approximate surface area is 133 Å². The van der Waals surface area contributed by atoms with Crippen LogP contribution in [0.1, 0.15) is 42.5 Å². The third-order valence-corrected chi connectivity index (χ3v) is 4.56. The Hall–Kier alpha value is -1.26. The smallest absolute Gasteiger partial charge is 0.331 e. The number of hydrogen-bond acceptors (Lipinski definition) is 3. The Balaban J connectivity index is 2.21. The lowest BCUT2D eigenvalue weighted by Gasteiger charge is -2.35. The van der Waals surface area contributed by atoms with E-state index in [-0.39, 0.29) is 5.91 Å². The van der Waals surface area contributed by atoms with Gasteiger partial charge in [0, 0.05) is 5.56 Å². The van der Waals surface area contributed by atoms with Crippen molar-refractivity contribution in [1.82, 2.24) is 5.32 Å². The number of rotatable bonds is 3. The molecule has 1 fully saturated rings. The zero-order valence-electron chi connectivity index (χ0n) is 11.7. The highest BCUT2D eigenvalue weighted by atomic mass is 35.5. The van der Waals surface area contributed by atoms with Gasteiger partial charge in [-0.15, -0.1) is 0 Å². The topological polar surface area (TPSA) is 55.4 Å². The van der Waals surface area contributed by atoms with Gasteiger partial charge in [0.1, 0.15) is 5.54 Å². The molecule has 0 atom stereocenters. The number of carbonyl (C=O) groups excluding carboxylic acids is 2. The number of esters is 1. The second-order valence-electron chi connectivity index (χ2n) is 5.22. The number of benzene rings is 1. The molecule has 21 heavy (non-hydrogen) atoms. The summed E-state index contributed by atoms with van der Waals surface area (Å²) in [6, 6.07) is 4.63. The van der Waals surface area contributed by atoms with Crippen LogP contribution in [0.25, 0.3) is 0 Å². The van der Waals surface area contributed by atoms with Crippen LogP contribution in [0.5, 0.6) is 0 Å². The molecule has 0 radical (unpaired) electrons. The van der Waals surface area contributed by atoms with Crippen molar-refractivity contribution in [2.45, 2.75) is 37.6 Å². The molecule has 0 aliphatic heterocycles. The van der Waals surface area contributed by atoms with E-state index in [4.69, 9.17) is 27.9 Å². The molecular weight excluding hydrogens is 313 g/mol. The number of amides is 1. The van der Waals surface area contributed by atoms with Crippen molar-refractivity contribution in [3.63, 3.8) is 0 Å². The first kappa shape index (κ1) is 16.1. The number of methoxy groups -OCH3 is 1. The lowest BCUT2D eigenvalue weighted by molar-refractivity contribution is -0.149. The van der Waals surface area contributed by atoms with Crippen LogP contribution in [-0.4, -0.2) is 24.5 Å². The fourth-order valence-corrected chi connectivity index (χ4v) is 2.96. The molecule has 0 heterocycles. The van der Waals surface area contributed by atoms with Crippen molar-refractivity contribution in [2.24, 2.45) is 0 Å². The Kier molecular flexibility index (Phi) is 5.12. The van der Waals surface area contributed by atoms with E-state index in [0.29, 0.717) is 28.5 Å². The minimum atomic E-state index is -0.934. The SMILES string of the molecule is COC(=O)C1(NC(=O)c2ccc(Cl)c(Cl)c2)CCCCC1. The van der Waals surface area contributed by atoms with E-state index in [2.05, 4.69) is 5.32 Å². The third kappa shape index (κ3) is 3.50. The molecule has 0 spiro atoms. The molecule has 2 rings (SSSR count). The quantitative estimate of drug-likeness (QED) is 0.862. The van der Waals surface area contributed by atoms with Crippen LogP contribution in [0.2, 0.25) is 10.0 Å². The van der Waals surface area contributed by atoms with E-state index in [1.807, 2.05) is 0 Å². The summed E-state index contributed by atoms with van der Waals surface area (Å²) in [5.74, 6) is -0.739. The Morgan fingerprint density at radius 3 is 2.38 bits per heavy atom. The standard InChI is InChI=1S/C15H17Cl2NO3/c1-21-14(20)15(7-3-2-4-8-15)18-13(19)10-5-6-11(16)12(17)9-10/h5-6,9H,2-4,7-8H2,1H3,(H,18,19). The number of ether oxygens (including phenoxy) is 1. The van der Waals surface area contributed by atoms with Gasteiger partial charge in [-0.1, -0.05) is 42.5 Å².